The molecule has 0 aliphatic heterocycles. The van der Waals surface area contributed by atoms with Crippen LogP contribution in [0.5, 0.6) is 0 Å². The molecule has 2 aliphatic rings. The van der Waals surface area contributed by atoms with Crippen LogP contribution < -0.4 is 0 Å². The van der Waals surface area contributed by atoms with E-state index in [0.29, 0.717) is 3.72 Å². The van der Waals surface area contributed by atoms with E-state index in [9.17, 15) is 0 Å². The van der Waals surface area contributed by atoms with Gasteiger partial charge in [0.15, 0.2) is 0 Å². The van der Waals surface area contributed by atoms with Gasteiger partial charge >= 0.3 is 92.9 Å². The predicted octanol–water partition coefficient (Wildman–Crippen LogP) is 3.64. The summed E-state index contributed by atoms with van der Waals surface area (Å²) in [6.07, 6.45) is 11.0. The Labute approximate surface area is 92.9 Å². The van der Waals surface area contributed by atoms with Crippen molar-refractivity contribution in [1.82, 2.24) is 0 Å². The van der Waals surface area contributed by atoms with Crippen molar-refractivity contribution in [3.63, 3.8) is 0 Å². The normalized spacial score (nSPS) is 43.9. The fraction of sp³-hybridized carbons (Fsp3) is 0.667. The van der Waals surface area contributed by atoms with E-state index >= 15 is 0 Å². The van der Waals surface area contributed by atoms with Crippen LogP contribution in [0.3, 0.4) is 0 Å². The molecular weight excluding hydrogens is 192 g/mol. The monoisotopic (exact) mass is 209 g/mol. The molecule has 2 rings (SSSR count). The third-order valence-corrected chi connectivity index (χ3v) is 4.28. The Balaban J connectivity index is 2.34. The van der Waals surface area contributed by atoms with Crippen molar-refractivity contribution in [1.29, 1.82) is 0 Å². The minimum absolute atomic E-state index is 0.457. The molecule has 0 heterocycles. The van der Waals surface area contributed by atoms with E-state index in [1.165, 1.54) is 19.3 Å². The van der Waals surface area contributed by atoms with Gasteiger partial charge in [-0.1, -0.05) is 0 Å². The fourth-order valence-corrected chi connectivity index (χ4v) is 3.83. The van der Waals surface area contributed by atoms with Gasteiger partial charge in [0.05, 0.1) is 0 Å². The van der Waals surface area contributed by atoms with Crippen LogP contribution in [0, 0.1) is 11.8 Å². The molecule has 0 aromatic heterocycles. The Morgan fingerprint density at radius 2 is 2.31 bits per heavy atom. The van der Waals surface area contributed by atoms with E-state index in [-0.39, 0.29) is 0 Å². The molecule has 1 heteroatoms. The summed E-state index contributed by atoms with van der Waals surface area (Å²) in [6, 6.07) is 0. The average Bonchev–Trinajstić information content (AvgIpc) is 2.28. The van der Waals surface area contributed by atoms with Gasteiger partial charge in [-0.25, -0.2) is 0 Å². The molecule has 0 saturated heterocycles. The van der Waals surface area contributed by atoms with Crippen molar-refractivity contribution in [2.24, 2.45) is 11.8 Å². The molecule has 0 aromatic carbocycles. The van der Waals surface area contributed by atoms with Gasteiger partial charge in [-0.15, -0.1) is 0 Å². The van der Waals surface area contributed by atoms with Gasteiger partial charge in [-0.2, -0.15) is 0 Å². The van der Waals surface area contributed by atoms with Crippen molar-refractivity contribution >= 4 is 0 Å². The van der Waals surface area contributed by atoms with Crippen molar-refractivity contribution in [3.8, 4) is 0 Å². The van der Waals surface area contributed by atoms with Crippen LogP contribution >= 0.6 is 0 Å². The maximum absolute atomic E-state index is 2.42. The first-order valence-corrected chi connectivity index (χ1v) is 6.01. The third-order valence-electron chi connectivity index (χ3n) is 3.51. The van der Waals surface area contributed by atoms with Gasteiger partial charge in [0.1, 0.15) is 0 Å². The van der Waals surface area contributed by atoms with Gasteiger partial charge < -0.3 is 0 Å². The van der Waals surface area contributed by atoms with Gasteiger partial charge in [-0.3, -0.25) is 0 Å². The number of hydrogen-bond acceptors (Lipinski definition) is 0. The number of fused-ring (bicyclic) bond motifs is 1. The molecule has 0 amide bonds. The van der Waals surface area contributed by atoms with E-state index < -0.39 is 0 Å². The molecule has 13 heavy (non-hydrogen) atoms. The third kappa shape index (κ3) is 1.71. The summed E-state index contributed by atoms with van der Waals surface area (Å²) in [6.45, 7) is 4.81. The Morgan fingerprint density at radius 1 is 1.54 bits per heavy atom. The molecule has 0 spiro atoms. The molecule has 0 bridgehead atoms. The number of allylic oxidation sites excluding steroid dienone is 4. The van der Waals surface area contributed by atoms with Crippen molar-refractivity contribution in [2.75, 3.05) is 0 Å². The Bertz CT molecular complexity index is 260. The van der Waals surface area contributed by atoms with Gasteiger partial charge in [-0.05, 0) is 0 Å². The summed E-state index contributed by atoms with van der Waals surface area (Å²) in [5.41, 5.74) is 1.70. The molecule has 0 radical (unpaired) electrons. The van der Waals surface area contributed by atoms with Gasteiger partial charge in [0.25, 0.3) is 0 Å². The second kappa shape index (κ2) is 3.40. The van der Waals surface area contributed by atoms with E-state index in [0.717, 1.165) is 11.8 Å². The fourth-order valence-electron chi connectivity index (χ4n) is 2.91. The van der Waals surface area contributed by atoms with E-state index in [4.69, 9.17) is 0 Å². The van der Waals surface area contributed by atoms with Gasteiger partial charge in [0, 0.05) is 0 Å². The van der Waals surface area contributed by atoms with E-state index in [2.05, 4.69) is 52.5 Å². The topological polar surface area (TPSA) is 0 Å². The van der Waals surface area contributed by atoms with Crippen LogP contribution in [-0.4, -0.2) is 0 Å². The summed E-state index contributed by atoms with van der Waals surface area (Å²) in [4.78, 5) is 0. The van der Waals surface area contributed by atoms with E-state index in [1.807, 2.05) is 0 Å². The summed E-state index contributed by atoms with van der Waals surface area (Å²) >= 11 is 2.40. The Morgan fingerprint density at radius 3 is 3.08 bits per heavy atom. The van der Waals surface area contributed by atoms with E-state index in [1.54, 1.807) is 5.57 Å². The van der Waals surface area contributed by atoms with Crippen LogP contribution in [0.4, 0.5) is 0 Å². The molecular formula is C12H17Ti. The zero-order valence-corrected chi connectivity index (χ0v) is 10.1. The second-order valence-electron chi connectivity index (χ2n) is 4.75. The summed E-state index contributed by atoms with van der Waals surface area (Å²) < 4.78 is 0.457. The van der Waals surface area contributed by atoms with Crippen LogP contribution in [-0.2, 0) is 20.4 Å². The molecule has 0 N–H and O–H groups in total. The Hall–Kier alpha value is 0.194. The molecule has 3 atom stereocenters. The molecule has 1 fully saturated rings. The van der Waals surface area contributed by atoms with Crippen molar-refractivity contribution in [2.45, 2.75) is 36.8 Å². The SMILES string of the molecule is CC1C[C](C)([Ti])C2=CC=CCCC21. The molecule has 69 valence electrons. The summed E-state index contributed by atoms with van der Waals surface area (Å²) in [5, 5.41) is 0. The molecule has 2 aliphatic carbocycles. The average molecular weight is 209 g/mol. The molecule has 1 saturated carbocycles. The second-order valence-corrected chi connectivity index (χ2v) is 6.47. The van der Waals surface area contributed by atoms with Crippen molar-refractivity contribution in [3.05, 3.63) is 23.8 Å². The van der Waals surface area contributed by atoms with Crippen LogP contribution in [0.15, 0.2) is 23.8 Å². The first kappa shape index (κ1) is 9.74. The summed E-state index contributed by atoms with van der Waals surface area (Å²) in [5.74, 6) is 1.76. The quantitative estimate of drug-likeness (QED) is 0.534. The summed E-state index contributed by atoms with van der Waals surface area (Å²) in [7, 11) is 0. The zero-order chi connectivity index (χ0) is 9.47. The standard InChI is InChI=1S/C12H17.Ti/c1-9-8-10(2)12-7-5-3-4-6-11(9)12;/h3-4,6,10,12H,5,7-8H2,1-2H3;. The number of hydrogen-bond donors (Lipinski definition) is 0. The first-order valence-electron chi connectivity index (χ1n) is 5.23. The van der Waals surface area contributed by atoms with Gasteiger partial charge in [0.2, 0.25) is 0 Å². The first-order chi connectivity index (χ1) is 6.11. The Kier molecular flexibility index (Phi) is 2.55. The molecule has 3 unspecified atom stereocenters. The van der Waals surface area contributed by atoms with Crippen LogP contribution in [0.25, 0.3) is 0 Å². The molecule has 0 aromatic rings. The zero-order valence-electron chi connectivity index (χ0n) is 8.51. The predicted molar refractivity (Wildman–Crippen MR) is 52.1 cm³/mol. The van der Waals surface area contributed by atoms with Crippen molar-refractivity contribution < 1.29 is 20.4 Å². The van der Waals surface area contributed by atoms with Crippen LogP contribution in [0.2, 0.25) is 3.72 Å². The van der Waals surface area contributed by atoms with Crippen LogP contribution in [0.1, 0.15) is 33.1 Å². The minimum atomic E-state index is 0.457. The number of rotatable bonds is 0. The molecule has 0 nitrogen and oxygen atoms in total. The maximum atomic E-state index is 2.42.